The van der Waals surface area contributed by atoms with Crippen molar-refractivity contribution in [3.05, 3.63) is 66.2 Å². The van der Waals surface area contributed by atoms with Gasteiger partial charge in [-0.2, -0.15) is 0 Å². The Balaban J connectivity index is 1.56. The van der Waals surface area contributed by atoms with Crippen LogP contribution in [0.1, 0.15) is 29.6 Å². The van der Waals surface area contributed by atoms with Crippen molar-refractivity contribution in [2.24, 2.45) is 5.73 Å². The lowest BCUT2D eigenvalue weighted by Crippen LogP contribution is -2.44. The number of nitrogens with zero attached hydrogens (tertiary/aromatic N) is 1. The van der Waals surface area contributed by atoms with E-state index in [0.29, 0.717) is 18.2 Å². The van der Waals surface area contributed by atoms with E-state index in [1.165, 1.54) is 24.3 Å². The fourth-order valence-electron chi connectivity index (χ4n) is 3.98. The third-order valence-corrected chi connectivity index (χ3v) is 7.48. The lowest BCUT2D eigenvalue weighted by molar-refractivity contribution is -0.120. The van der Waals surface area contributed by atoms with Crippen LogP contribution in [0.4, 0.5) is 5.69 Å². The van der Waals surface area contributed by atoms with E-state index in [1.807, 2.05) is 37.2 Å². The van der Waals surface area contributed by atoms with Crippen molar-refractivity contribution in [2.75, 3.05) is 25.5 Å². The second-order valence-electron chi connectivity index (χ2n) is 8.84. The minimum absolute atomic E-state index is 0.149. The van der Waals surface area contributed by atoms with Gasteiger partial charge >= 0.3 is 7.12 Å². The number of benzene rings is 3. The molecule has 3 aromatic rings. The van der Waals surface area contributed by atoms with E-state index in [4.69, 9.17) is 15.8 Å². The molecule has 1 unspecified atom stereocenters. The van der Waals surface area contributed by atoms with Crippen LogP contribution in [0.15, 0.2) is 65.6 Å². The highest BCUT2D eigenvalue weighted by atomic mass is 32.2. The first kappa shape index (κ1) is 28.1. The molecule has 1 atom stereocenters. The lowest BCUT2D eigenvalue weighted by Gasteiger charge is -2.17. The fourth-order valence-corrected chi connectivity index (χ4v) is 5.27. The van der Waals surface area contributed by atoms with Crippen molar-refractivity contribution in [2.45, 2.75) is 30.2 Å². The summed E-state index contributed by atoms with van der Waals surface area (Å²) in [4.78, 5) is 26.4. The molecule has 196 valence electrons. The summed E-state index contributed by atoms with van der Waals surface area (Å²) >= 11 is 0. The normalized spacial score (nSPS) is 12.2. The minimum Gasteiger partial charge on any atom is -0.423 e. The first-order valence-electron chi connectivity index (χ1n) is 11.8. The number of rotatable bonds is 12. The van der Waals surface area contributed by atoms with E-state index < -0.39 is 35.0 Å². The van der Waals surface area contributed by atoms with Crippen molar-refractivity contribution in [1.29, 1.82) is 0 Å². The molecule has 10 nitrogen and oxygen atoms in total. The summed E-state index contributed by atoms with van der Waals surface area (Å²) in [5, 5.41) is 22.3. The number of carbonyl (C=O) groups excluding carboxylic acids is 2. The highest BCUT2D eigenvalue weighted by Gasteiger charge is 2.21. The van der Waals surface area contributed by atoms with E-state index in [-0.39, 0.29) is 28.9 Å². The molecule has 0 aliphatic heterocycles. The van der Waals surface area contributed by atoms with Crippen LogP contribution in [-0.4, -0.2) is 64.1 Å². The summed E-state index contributed by atoms with van der Waals surface area (Å²) in [6.45, 7) is 0.149. The Labute approximate surface area is 216 Å². The first-order chi connectivity index (χ1) is 17.5. The number of sulfonamides is 1. The number of nitrogens with two attached hydrogens (primary N) is 1. The third kappa shape index (κ3) is 7.07. The molecule has 0 saturated heterocycles. The first-order valence-corrected chi connectivity index (χ1v) is 13.2. The van der Waals surface area contributed by atoms with E-state index in [0.717, 1.165) is 11.1 Å². The van der Waals surface area contributed by atoms with Crippen molar-refractivity contribution < 1.29 is 28.1 Å². The van der Waals surface area contributed by atoms with Crippen molar-refractivity contribution in [3.8, 4) is 0 Å². The maximum atomic E-state index is 13.0. The van der Waals surface area contributed by atoms with Crippen LogP contribution in [0.5, 0.6) is 0 Å². The Hall–Kier alpha value is -3.45. The summed E-state index contributed by atoms with van der Waals surface area (Å²) in [5.41, 5.74) is 6.81. The number of fused-ring (bicyclic) bond motifs is 1. The number of unbranched alkanes of at least 4 members (excludes halogenated alkanes) is 1. The Kier molecular flexibility index (Phi) is 9.27. The molecule has 37 heavy (non-hydrogen) atoms. The number of nitrogens with one attached hydrogen (secondary N) is 2. The van der Waals surface area contributed by atoms with Gasteiger partial charge in [-0.05, 0) is 49.0 Å². The molecule has 0 spiro atoms. The van der Waals surface area contributed by atoms with Gasteiger partial charge in [-0.1, -0.05) is 36.4 Å². The number of hydrogen-bond acceptors (Lipinski definition) is 7. The second-order valence-corrected chi connectivity index (χ2v) is 10.6. The zero-order chi connectivity index (χ0) is 27.2. The Bertz CT molecular complexity index is 1360. The fraction of sp³-hybridized carbons (Fsp3) is 0.280. The van der Waals surface area contributed by atoms with Crippen LogP contribution in [0, 0.1) is 0 Å². The SMILES string of the molecule is CN(C)c1cccc2c(S(=O)(=O)NCCCCC(NC(=O)c3ccc(B(O)O)cc3)C(N)=O)cccc12. The molecule has 0 aliphatic rings. The zero-order valence-electron chi connectivity index (χ0n) is 20.7. The highest BCUT2D eigenvalue weighted by molar-refractivity contribution is 7.89. The van der Waals surface area contributed by atoms with Gasteiger partial charge in [0, 0.05) is 42.7 Å². The van der Waals surface area contributed by atoms with Gasteiger partial charge in [-0.3, -0.25) is 9.59 Å². The summed E-state index contributed by atoms with van der Waals surface area (Å²) in [5.74, 6) is -1.24. The predicted octanol–water partition coefficient (Wildman–Crippen LogP) is 0.318. The molecule has 3 rings (SSSR count). The maximum absolute atomic E-state index is 13.0. The van der Waals surface area contributed by atoms with Crippen molar-refractivity contribution in [1.82, 2.24) is 10.0 Å². The topological polar surface area (TPSA) is 162 Å². The molecule has 0 bridgehead atoms. The van der Waals surface area contributed by atoms with Crippen molar-refractivity contribution >= 4 is 50.9 Å². The molecule has 3 aromatic carbocycles. The molecule has 12 heteroatoms. The van der Waals surface area contributed by atoms with E-state index in [9.17, 15) is 18.0 Å². The molecule has 0 heterocycles. The summed E-state index contributed by atoms with van der Waals surface area (Å²) in [6.07, 6.45) is 1.10. The average molecular weight is 526 g/mol. The van der Waals surface area contributed by atoms with Crippen molar-refractivity contribution in [3.63, 3.8) is 0 Å². The summed E-state index contributed by atoms with van der Waals surface area (Å²) in [6, 6.07) is 15.3. The van der Waals surface area contributed by atoms with E-state index in [1.54, 1.807) is 18.2 Å². The molecule has 0 aliphatic carbocycles. The number of hydrogen-bond donors (Lipinski definition) is 5. The van der Waals surface area contributed by atoms with Crippen LogP contribution in [0.2, 0.25) is 0 Å². The molecular weight excluding hydrogens is 495 g/mol. The van der Waals surface area contributed by atoms with Crippen LogP contribution >= 0.6 is 0 Å². The molecule has 0 aromatic heterocycles. The van der Waals surface area contributed by atoms with Crippen LogP contribution in [0.25, 0.3) is 10.8 Å². The molecule has 0 radical (unpaired) electrons. The summed E-state index contributed by atoms with van der Waals surface area (Å²) in [7, 11) is -1.63. The monoisotopic (exact) mass is 526 g/mol. The lowest BCUT2D eigenvalue weighted by atomic mass is 9.80. The smallest absolute Gasteiger partial charge is 0.423 e. The number of carbonyl (C=O) groups is 2. The molecule has 6 N–H and O–H groups in total. The number of primary amides is 1. The maximum Gasteiger partial charge on any atom is 0.488 e. The van der Waals surface area contributed by atoms with Gasteiger partial charge in [-0.25, -0.2) is 13.1 Å². The minimum atomic E-state index is -3.78. The Morgan fingerprint density at radius 2 is 1.62 bits per heavy atom. The average Bonchev–Trinajstić information content (AvgIpc) is 2.86. The van der Waals surface area contributed by atoms with Crippen LogP contribution in [0.3, 0.4) is 0 Å². The van der Waals surface area contributed by atoms with Gasteiger partial charge in [-0.15, -0.1) is 0 Å². The van der Waals surface area contributed by atoms with Gasteiger partial charge in [0.05, 0.1) is 4.90 Å². The number of amides is 2. The zero-order valence-corrected chi connectivity index (χ0v) is 21.5. The predicted molar refractivity (Wildman–Crippen MR) is 144 cm³/mol. The second kappa shape index (κ2) is 12.2. The third-order valence-electron chi connectivity index (χ3n) is 5.96. The van der Waals surface area contributed by atoms with Crippen LogP contribution < -0.4 is 26.1 Å². The molecule has 0 saturated carbocycles. The van der Waals surface area contributed by atoms with Gasteiger partial charge in [0.25, 0.3) is 5.91 Å². The number of anilines is 1. The van der Waals surface area contributed by atoms with E-state index >= 15 is 0 Å². The van der Waals surface area contributed by atoms with Gasteiger partial charge < -0.3 is 26.0 Å². The standard InChI is InChI=1S/C25H31BN4O6S/c1-30(2)22-10-5-8-20-19(22)7-6-11-23(20)37(35,36)28-16-4-3-9-21(24(27)31)29-25(32)17-12-14-18(15-13-17)26(33)34/h5-8,10-15,21,28,33-34H,3-4,9,16H2,1-2H3,(H2,27,31)(H,29,32). The Morgan fingerprint density at radius 3 is 2.24 bits per heavy atom. The highest BCUT2D eigenvalue weighted by Crippen LogP contribution is 2.30. The molecular formula is C25H31BN4O6S. The molecule has 0 fully saturated rings. The Morgan fingerprint density at radius 1 is 0.973 bits per heavy atom. The van der Waals surface area contributed by atoms with E-state index in [2.05, 4.69) is 10.0 Å². The largest absolute Gasteiger partial charge is 0.488 e. The van der Waals surface area contributed by atoms with Gasteiger partial charge in [0.1, 0.15) is 6.04 Å². The van der Waals surface area contributed by atoms with Crippen LogP contribution in [-0.2, 0) is 14.8 Å². The van der Waals surface area contributed by atoms with Gasteiger partial charge in [0.15, 0.2) is 0 Å². The molecule has 2 amide bonds. The summed E-state index contributed by atoms with van der Waals surface area (Å²) < 4.78 is 28.6. The quantitative estimate of drug-likeness (QED) is 0.168. The van der Waals surface area contributed by atoms with Gasteiger partial charge in [0.2, 0.25) is 15.9 Å².